The first-order chi connectivity index (χ1) is 6.36. The van der Waals surface area contributed by atoms with E-state index in [4.69, 9.17) is 0 Å². The molecule has 1 atom stereocenters. The molecule has 1 saturated heterocycles. The van der Waals surface area contributed by atoms with Gasteiger partial charge in [0.25, 0.3) is 0 Å². The molecule has 2 heteroatoms. The van der Waals surface area contributed by atoms with E-state index in [9.17, 15) is 0 Å². The molecule has 0 unspecified atom stereocenters. The Morgan fingerprint density at radius 1 is 1.15 bits per heavy atom. The number of likely N-dealkylation sites (N-methyl/N-ethyl adjacent to an activating group) is 1. The quantitative estimate of drug-likeness (QED) is 0.586. The third-order valence-corrected chi connectivity index (χ3v) is 3.33. The average molecular weight is 186 g/mol. The van der Waals surface area contributed by atoms with Crippen molar-refractivity contribution in [2.45, 2.75) is 45.6 Å². The van der Waals surface area contributed by atoms with Crippen LogP contribution in [0.4, 0.5) is 0 Å². The van der Waals surface area contributed by atoms with Gasteiger partial charge in [0.1, 0.15) is 12.6 Å². The van der Waals surface area contributed by atoms with Crippen LogP contribution in [0.3, 0.4) is 0 Å². The number of hydrogen-bond acceptors (Lipinski definition) is 0. The number of quaternary nitrogens is 2. The van der Waals surface area contributed by atoms with Gasteiger partial charge in [0.05, 0.1) is 19.6 Å². The Morgan fingerprint density at radius 3 is 2.62 bits per heavy atom. The highest BCUT2D eigenvalue weighted by Crippen LogP contribution is 2.02. The lowest BCUT2D eigenvalue weighted by atomic mass is 10.1. The van der Waals surface area contributed by atoms with E-state index in [2.05, 4.69) is 19.2 Å². The topological polar surface area (TPSA) is 21.1 Å². The zero-order valence-electron chi connectivity index (χ0n) is 9.31. The Morgan fingerprint density at radius 2 is 1.92 bits per heavy atom. The molecule has 0 aromatic rings. The Kier molecular flexibility index (Phi) is 5.40. The Balaban J connectivity index is 2.24. The SMILES string of the molecule is CC[NH+](CC)C[C@H]1CCCCC[NH2+]1. The molecule has 2 nitrogen and oxygen atoms in total. The van der Waals surface area contributed by atoms with Crippen LogP contribution in [0.25, 0.3) is 0 Å². The van der Waals surface area contributed by atoms with E-state index in [0.717, 1.165) is 6.04 Å². The summed E-state index contributed by atoms with van der Waals surface area (Å²) in [5.74, 6) is 0. The predicted molar refractivity (Wildman–Crippen MR) is 56.0 cm³/mol. The summed E-state index contributed by atoms with van der Waals surface area (Å²) in [4.78, 5) is 1.77. The van der Waals surface area contributed by atoms with Crippen molar-refractivity contribution in [2.75, 3.05) is 26.2 Å². The minimum absolute atomic E-state index is 0.914. The van der Waals surface area contributed by atoms with Crippen LogP contribution < -0.4 is 10.2 Å². The molecular formula is C11H26N2+2. The third kappa shape index (κ3) is 4.10. The molecule has 1 aliphatic heterocycles. The van der Waals surface area contributed by atoms with Gasteiger partial charge in [-0.05, 0) is 33.1 Å². The van der Waals surface area contributed by atoms with Gasteiger partial charge in [-0.2, -0.15) is 0 Å². The zero-order chi connectivity index (χ0) is 9.52. The molecule has 0 bridgehead atoms. The van der Waals surface area contributed by atoms with Crippen molar-refractivity contribution in [1.29, 1.82) is 0 Å². The van der Waals surface area contributed by atoms with Crippen molar-refractivity contribution in [2.24, 2.45) is 0 Å². The smallest absolute Gasteiger partial charge is 0.135 e. The highest BCUT2D eigenvalue weighted by atomic mass is 15.1. The van der Waals surface area contributed by atoms with Crippen LogP contribution in [-0.2, 0) is 0 Å². The lowest BCUT2D eigenvalue weighted by Crippen LogP contribution is -3.15. The van der Waals surface area contributed by atoms with Gasteiger partial charge in [-0.3, -0.25) is 0 Å². The second kappa shape index (κ2) is 6.39. The number of nitrogens with one attached hydrogen (secondary N) is 1. The Hall–Kier alpha value is -0.0800. The first-order valence-electron chi connectivity index (χ1n) is 6.03. The summed E-state index contributed by atoms with van der Waals surface area (Å²) in [5, 5.41) is 2.58. The van der Waals surface area contributed by atoms with Crippen LogP contribution in [0.2, 0.25) is 0 Å². The molecule has 0 aliphatic carbocycles. The normalized spacial score (nSPS) is 24.7. The average Bonchev–Trinajstić information content (AvgIpc) is 2.42. The van der Waals surface area contributed by atoms with Crippen LogP contribution in [0.15, 0.2) is 0 Å². The molecule has 78 valence electrons. The van der Waals surface area contributed by atoms with Gasteiger partial charge in [-0.1, -0.05) is 0 Å². The predicted octanol–water partition coefficient (Wildman–Crippen LogP) is -0.583. The summed E-state index contributed by atoms with van der Waals surface area (Å²) in [6.45, 7) is 9.94. The summed E-state index contributed by atoms with van der Waals surface area (Å²) >= 11 is 0. The van der Waals surface area contributed by atoms with Gasteiger partial charge in [0, 0.05) is 6.42 Å². The van der Waals surface area contributed by atoms with E-state index < -0.39 is 0 Å². The van der Waals surface area contributed by atoms with Gasteiger partial charge in [0.2, 0.25) is 0 Å². The second-order valence-electron chi connectivity index (χ2n) is 4.30. The van der Waals surface area contributed by atoms with Gasteiger partial charge in [-0.15, -0.1) is 0 Å². The summed E-state index contributed by atoms with van der Waals surface area (Å²) in [6.07, 6.45) is 5.80. The van der Waals surface area contributed by atoms with Crippen molar-refractivity contribution in [3.8, 4) is 0 Å². The molecule has 3 N–H and O–H groups in total. The molecule has 0 saturated carbocycles. The van der Waals surface area contributed by atoms with Gasteiger partial charge in [0.15, 0.2) is 0 Å². The molecule has 0 aromatic carbocycles. The van der Waals surface area contributed by atoms with E-state index in [1.165, 1.54) is 51.9 Å². The molecule has 1 heterocycles. The van der Waals surface area contributed by atoms with E-state index in [1.54, 1.807) is 4.90 Å². The molecule has 0 spiro atoms. The highest BCUT2D eigenvalue weighted by molar-refractivity contribution is 4.56. The van der Waals surface area contributed by atoms with Crippen molar-refractivity contribution >= 4 is 0 Å². The first kappa shape index (κ1) is 11.0. The number of nitrogens with two attached hydrogens (primary N) is 1. The van der Waals surface area contributed by atoms with Gasteiger partial charge < -0.3 is 10.2 Å². The van der Waals surface area contributed by atoms with Crippen LogP contribution in [-0.4, -0.2) is 32.2 Å². The zero-order valence-corrected chi connectivity index (χ0v) is 9.31. The van der Waals surface area contributed by atoms with Crippen LogP contribution in [0.1, 0.15) is 39.5 Å². The van der Waals surface area contributed by atoms with Crippen molar-refractivity contribution in [3.05, 3.63) is 0 Å². The lowest BCUT2D eigenvalue weighted by molar-refractivity contribution is -0.916. The molecule has 0 aromatic heterocycles. The van der Waals surface area contributed by atoms with Crippen molar-refractivity contribution in [1.82, 2.24) is 0 Å². The largest absolute Gasteiger partial charge is 0.339 e. The molecule has 1 fully saturated rings. The number of hydrogen-bond donors (Lipinski definition) is 2. The monoisotopic (exact) mass is 186 g/mol. The minimum Gasteiger partial charge on any atom is -0.339 e. The minimum atomic E-state index is 0.914. The fourth-order valence-corrected chi connectivity index (χ4v) is 2.29. The van der Waals surface area contributed by atoms with E-state index in [-0.39, 0.29) is 0 Å². The molecule has 1 rings (SSSR count). The van der Waals surface area contributed by atoms with Gasteiger partial charge >= 0.3 is 0 Å². The lowest BCUT2D eigenvalue weighted by Gasteiger charge is -2.20. The summed E-state index contributed by atoms with van der Waals surface area (Å²) in [5.41, 5.74) is 0. The molecule has 0 radical (unpaired) electrons. The summed E-state index contributed by atoms with van der Waals surface area (Å²) in [7, 11) is 0. The fourth-order valence-electron chi connectivity index (χ4n) is 2.29. The van der Waals surface area contributed by atoms with E-state index >= 15 is 0 Å². The standard InChI is InChI=1S/C11H24N2/c1-3-13(4-2)10-11-8-6-5-7-9-12-11/h11-12H,3-10H2,1-2H3/p+2/t11-/m1/s1. The third-order valence-electron chi connectivity index (χ3n) is 3.33. The van der Waals surface area contributed by atoms with E-state index in [1.807, 2.05) is 0 Å². The van der Waals surface area contributed by atoms with Crippen LogP contribution in [0.5, 0.6) is 0 Å². The Bertz CT molecular complexity index is 113. The van der Waals surface area contributed by atoms with Crippen LogP contribution in [0, 0.1) is 0 Å². The highest BCUT2D eigenvalue weighted by Gasteiger charge is 2.19. The van der Waals surface area contributed by atoms with E-state index in [0.29, 0.717) is 0 Å². The van der Waals surface area contributed by atoms with Crippen molar-refractivity contribution < 1.29 is 10.2 Å². The fraction of sp³-hybridized carbons (Fsp3) is 1.00. The molecular weight excluding hydrogens is 160 g/mol. The summed E-state index contributed by atoms with van der Waals surface area (Å²) in [6, 6.07) is 0.914. The van der Waals surface area contributed by atoms with Crippen molar-refractivity contribution in [3.63, 3.8) is 0 Å². The second-order valence-corrected chi connectivity index (χ2v) is 4.30. The summed E-state index contributed by atoms with van der Waals surface area (Å²) < 4.78 is 0. The maximum Gasteiger partial charge on any atom is 0.135 e. The molecule has 0 amide bonds. The Labute approximate surface area is 82.7 Å². The maximum absolute atomic E-state index is 2.58. The van der Waals surface area contributed by atoms with Gasteiger partial charge in [-0.25, -0.2) is 0 Å². The number of rotatable bonds is 4. The first-order valence-corrected chi connectivity index (χ1v) is 6.03. The molecule has 13 heavy (non-hydrogen) atoms. The molecule has 1 aliphatic rings. The maximum atomic E-state index is 2.58. The van der Waals surface area contributed by atoms with Crippen LogP contribution >= 0.6 is 0 Å².